The fourth-order valence-electron chi connectivity index (χ4n) is 2.58. The summed E-state index contributed by atoms with van der Waals surface area (Å²) < 4.78 is 11.3. The molecule has 0 N–H and O–H groups in total. The molecule has 0 spiro atoms. The molecule has 5 nitrogen and oxygen atoms in total. The zero-order valence-electron chi connectivity index (χ0n) is 15.5. The molecular formula is C22H21ClN2O3. The summed E-state index contributed by atoms with van der Waals surface area (Å²) in [7, 11) is 1.78. The maximum atomic E-state index is 12.5. The van der Waals surface area contributed by atoms with Crippen LogP contribution in [0.5, 0.6) is 17.2 Å². The second kappa shape index (κ2) is 9.76. The minimum absolute atomic E-state index is 0.0457. The van der Waals surface area contributed by atoms with E-state index >= 15 is 0 Å². The number of hydrogen-bond acceptors (Lipinski definition) is 4. The number of nitrogens with zero attached hydrogens (tertiary/aromatic N) is 2. The number of pyridine rings is 1. The topological polar surface area (TPSA) is 51.7 Å². The molecule has 144 valence electrons. The summed E-state index contributed by atoms with van der Waals surface area (Å²) in [6.45, 7) is 1.10. The van der Waals surface area contributed by atoms with Crippen molar-refractivity contribution < 1.29 is 14.3 Å². The van der Waals surface area contributed by atoms with Crippen LogP contribution < -0.4 is 9.47 Å². The number of ether oxygens (including phenoxy) is 2. The van der Waals surface area contributed by atoms with Crippen molar-refractivity contribution in [1.29, 1.82) is 0 Å². The lowest BCUT2D eigenvalue weighted by Crippen LogP contribution is -2.28. The summed E-state index contributed by atoms with van der Waals surface area (Å²) in [5.74, 6) is 1.99. The number of rotatable bonds is 8. The predicted octanol–water partition coefficient (Wildman–Crippen LogP) is 5.07. The lowest BCUT2D eigenvalue weighted by Gasteiger charge is -2.17. The Labute approximate surface area is 169 Å². The number of carbonyl (C=O) groups excluding carboxylic acids is 1. The Morgan fingerprint density at radius 2 is 1.82 bits per heavy atom. The summed E-state index contributed by atoms with van der Waals surface area (Å²) in [5, 5.41) is 0.640. The van der Waals surface area contributed by atoms with Crippen LogP contribution >= 0.6 is 11.6 Å². The molecule has 1 heterocycles. The van der Waals surface area contributed by atoms with Crippen molar-refractivity contribution in [2.24, 2.45) is 0 Å². The highest BCUT2D eigenvalue weighted by molar-refractivity contribution is 6.30. The molecule has 1 aromatic heterocycles. The van der Waals surface area contributed by atoms with Gasteiger partial charge >= 0.3 is 0 Å². The van der Waals surface area contributed by atoms with E-state index in [1.807, 2.05) is 18.2 Å². The molecular weight excluding hydrogens is 376 g/mol. The van der Waals surface area contributed by atoms with Crippen molar-refractivity contribution >= 4 is 17.5 Å². The molecule has 0 aliphatic carbocycles. The van der Waals surface area contributed by atoms with Crippen molar-refractivity contribution in [1.82, 2.24) is 9.88 Å². The SMILES string of the molecule is CN(CCCOc1cccc(Cl)c1)C(=O)c1ccc(Oc2cccnc2)cc1. The van der Waals surface area contributed by atoms with Crippen LogP contribution in [0.4, 0.5) is 0 Å². The van der Waals surface area contributed by atoms with Crippen molar-refractivity contribution in [3.63, 3.8) is 0 Å². The van der Waals surface area contributed by atoms with Crippen LogP contribution in [-0.4, -0.2) is 36.0 Å². The molecule has 0 fully saturated rings. The molecule has 0 aliphatic rings. The third kappa shape index (κ3) is 5.72. The van der Waals surface area contributed by atoms with Crippen molar-refractivity contribution in [2.75, 3.05) is 20.2 Å². The van der Waals surface area contributed by atoms with E-state index in [-0.39, 0.29) is 5.91 Å². The number of amides is 1. The minimum atomic E-state index is -0.0457. The van der Waals surface area contributed by atoms with Crippen LogP contribution in [-0.2, 0) is 0 Å². The van der Waals surface area contributed by atoms with Crippen LogP contribution in [0, 0.1) is 0 Å². The Hall–Kier alpha value is -3.05. The lowest BCUT2D eigenvalue weighted by atomic mass is 10.2. The lowest BCUT2D eigenvalue weighted by molar-refractivity contribution is 0.0788. The first kappa shape index (κ1) is 19.7. The highest BCUT2D eigenvalue weighted by Crippen LogP contribution is 2.21. The van der Waals surface area contributed by atoms with E-state index in [0.29, 0.717) is 35.2 Å². The first-order chi connectivity index (χ1) is 13.6. The van der Waals surface area contributed by atoms with Crippen molar-refractivity contribution in [2.45, 2.75) is 6.42 Å². The van der Waals surface area contributed by atoms with Gasteiger partial charge in [-0.25, -0.2) is 0 Å². The van der Waals surface area contributed by atoms with Gasteiger partial charge in [-0.3, -0.25) is 9.78 Å². The zero-order valence-corrected chi connectivity index (χ0v) is 16.3. The summed E-state index contributed by atoms with van der Waals surface area (Å²) in [4.78, 5) is 18.2. The normalized spacial score (nSPS) is 10.4. The third-order valence-corrected chi connectivity index (χ3v) is 4.26. The van der Waals surface area contributed by atoms with Gasteiger partial charge in [-0.05, 0) is 61.0 Å². The number of benzene rings is 2. The molecule has 0 aliphatic heterocycles. The number of halogens is 1. The van der Waals surface area contributed by atoms with E-state index in [1.165, 1.54) is 0 Å². The standard InChI is InChI=1S/C22H21ClN2O3/c1-25(13-4-14-27-20-6-2-5-18(23)15-20)22(26)17-8-10-19(11-9-17)28-21-7-3-12-24-16-21/h2-3,5-12,15-16H,4,13-14H2,1H3. The zero-order chi connectivity index (χ0) is 19.8. The molecule has 1 amide bonds. The molecule has 2 aromatic carbocycles. The summed E-state index contributed by atoms with van der Waals surface area (Å²) >= 11 is 5.93. The fourth-order valence-corrected chi connectivity index (χ4v) is 2.76. The molecule has 6 heteroatoms. The van der Waals surface area contributed by atoms with Gasteiger partial charge in [0.2, 0.25) is 0 Å². The van der Waals surface area contributed by atoms with Crippen LogP contribution in [0.25, 0.3) is 0 Å². The van der Waals surface area contributed by atoms with E-state index in [2.05, 4.69) is 4.98 Å². The highest BCUT2D eigenvalue weighted by Gasteiger charge is 2.11. The van der Waals surface area contributed by atoms with Gasteiger partial charge in [0.05, 0.1) is 12.8 Å². The van der Waals surface area contributed by atoms with Gasteiger partial charge < -0.3 is 14.4 Å². The fraction of sp³-hybridized carbons (Fsp3) is 0.182. The Kier molecular flexibility index (Phi) is 6.87. The minimum Gasteiger partial charge on any atom is -0.493 e. The largest absolute Gasteiger partial charge is 0.493 e. The second-order valence-electron chi connectivity index (χ2n) is 6.20. The molecule has 3 rings (SSSR count). The van der Waals surface area contributed by atoms with E-state index in [9.17, 15) is 4.79 Å². The summed E-state index contributed by atoms with van der Waals surface area (Å²) in [6, 6.07) is 18.0. The van der Waals surface area contributed by atoms with Crippen LogP contribution in [0.1, 0.15) is 16.8 Å². The monoisotopic (exact) mass is 396 g/mol. The Bertz CT molecular complexity index is 901. The first-order valence-electron chi connectivity index (χ1n) is 8.93. The van der Waals surface area contributed by atoms with Crippen molar-refractivity contribution in [3.8, 4) is 17.2 Å². The number of hydrogen-bond donors (Lipinski definition) is 0. The molecule has 0 saturated carbocycles. The Morgan fingerprint density at radius 1 is 1.04 bits per heavy atom. The van der Waals surface area contributed by atoms with Gasteiger partial charge in [0.1, 0.15) is 17.2 Å². The van der Waals surface area contributed by atoms with E-state index in [1.54, 1.807) is 66.8 Å². The maximum absolute atomic E-state index is 12.5. The van der Waals surface area contributed by atoms with Gasteiger partial charge in [-0.2, -0.15) is 0 Å². The Balaban J connectivity index is 1.46. The average Bonchev–Trinajstić information content (AvgIpc) is 2.72. The second-order valence-corrected chi connectivity index (χ2v) is 6.64. The molecule has 3 aromatic rings. The highest BCUT2D eigenvalue weighted by atomic mass is 35.5. The van der Waals surface area contributed by atoms with Gasteiger partial charge in [0.15, 0.2) is 0 Å². The van der Waals surface area contributed by atoms with Crippen LogP contribution in [0.2, 0.25) is 5.02 Å². The van der Waals surface area contributed by atoms with Gasteiger partial charge in [0.25, 0.3) is 5.91 Å². The quantitative estimate of drug-likeness (QED) is 0.499. The van der Waals surface area contributed by atoms with Gasteiger partial charge in [-0.15, -0.1) is 0 Å². The number of aromatic nitrogens is 1. The predicted molar refractivity (Wildman–Crippen MR) is 109 cm³/mol. The smallest absolute Gasteiger partial charge is 0.253 e. The number of carbonyl (C=O) groups is 1. The third-order valence-electron chi connectivity index (χ3n) is 4.02. The summed E-state index contributed by atoms with van der Waals surface area (Å²) in [5.41, 5.74) is 0.608. The maximum Gasteiger partial charge on any atom is 0.253 e. The molecule has 0 unspecified atom stereocenters. The van der Waals surface area contributed by atoms with Crippen LogP contribution in [0.3, 0.4) is 0 Å². The molecule has 0 bridgehead atoms. The molecule has 28 heavy (non-hydrogen) atoms. The van der Waals surface area contributed by atoms with E-state index in [4.69, 9.17) is 21.1 Å². The van der Waals surface area contributed by atoms with Gasteiger partial charge in [0, 0.05) is 30.4 Å². The molecule has 0 saturated heterocycles. The Morgan fingerprint density at radius 3 is 2.54 bits per heavy atom. The first-order valence-corrected chi connectivity index (χ1v) is 9.31. The van der Waals surface area contributed by atoms with E-state index < -0.39 is 0 Å². The summed E-state index contributed by atoms with van der Waals surface area (Å²) in [6.07, 6.45) is 4.04. The van der Waals surface area contributed by atoms with Crippen LogP contribution in [0.15, 0.2) is 73.1 Å². The van der Waals surface area contributed by atoms with Crippen molar-refractivity contribution in [3.05, 3.63) is 83.6 Å². The molecule has 0 atom stereocenters. The molecule has 0 radical (unpaired) electrons. The van der Waals surface area contributed by atoms with E-state index in [0.717, 1.165) is 12.2 Å². The van der Waals surface area contributed by atoms with Gasteiger partial charge in [-0.1, -0.05) is 17.7 Å². The average molecular weight is 397 g/mol.